The van der Waals surface area contributed by atoms with Crippen LogP contribution in [0.25, 0.3) is 0 Å². The first kappa shape index (κ1) is 12.8. The molecule has 4 nitrogen and oxygen atoms in total. The van der Waals surface area contributed by atoms with Crippen molar-refractivity contribution in [2.45, 2.75) is 25.7 Å². The second-order valence-electron chi connectivity index (χ2n) is 5.31. The lowest BCUT2D eigenvalue weighted by Gasteiger charge is -2.16. The van der Waals surface area contributed by atoms with Gasteiger partial charge < -0.3 is 15.4 Å². The van der Waals surface area contributed by atoms with Gasteiger partial charge in [0.1, 0.15) is 0 Å². The van der Waals surface area contributed by atoms with Crippen molar-refractivity contribution >= 4 is 5.91 Å². The Labute approximate surface area is 103 Å². The highest BCUT2D eigenvalue weighted by Crippen LogP contribution is 2.48. The molecule has 0 spiro atoms. The molecular formula is C13H24N2O2. The van der Waals surface area contributed by atoms with Gasteiger partial charge in [-0.25, -0.2) is 0 Å². The Morgan fingerprint density at radius 1 is 1.29 bits per heavy atom. The summed E-state index contributed by atoms with van der Waals surface area (Å²) in [6.45, 7) is 2.68. The Morgan fingerprint density at radius 3 is 2.47 bits per heavy atom. The summed E-state index contributed by atoms with van der Waals surface area (Å²) in [5.74, 6) is 2.69. The first-order valence-corrected chi connectivity index (χ1v) is 6.77. The predicted molar refractivity (Wildman–Crippen MR) is 66.7 cm³/mol. The molecule has 1 amide bonds. The zero-order valence-corrected chi connectivity index (χ0v) is 10.7. The van der Waals surface area contributed by atoms with Gasteiger partial charge in [0.2, 0.25) is 5.91 Å². The van der Waals surface area contributed by atoms with E-state index in [4.69, 9.17) is 4.74 Å². The van der Waals surface area contributed by atoms with Gasteiger partial charge in [0, 0.05) is 20.2 Å². The first-order valence-electron chi connectivity index (χ1n) is 6.77. The molecule has 17 heavy (non-hydrogen) atoms. The third-order valence-electron chi connectivity index (χ3n) is 3.76. The van der Waals surface area contributed by atoms with Crippen molar-refractivity contribution in [3.63, 3.8) is 0 Å². The van der Waals surface area contributed by atoms with E-state index >= 15 is 0 Å². The summed E-state index contributed by atoms with van der Waals surface area (Å²) in [4.78, 5) is 11.6. The van der Waals surface area contributed by atoms with E-state index in [1.807, 2.05) is 0 Å². The second kappa shape index (κ2) is 6.36. The zero-order valence-electron chi connectivity index (χ0n) is 10.7. The normalized spacial score (nSPS) is 19.6. The molecule has 2 fully saturated rings. The molecular weight excluding hydrogens is 216 g/mol. The highest BCUT2D eigenvalue weighted by molar-refractivity contribution is 5.77. The second-order valence-corrected chi connectivity index (χ2v) is 5.31. The lowest BCUT2D eigenvalue weighted by atomic mass is 9.98. The Hall–Kier alpha value is -0.610. The average molecular weight is 240 g/mol. The Kier molecular flexibility index (Phi) is 4.80. The third-order valence-corrected chi connectivity index (χ3v) is 3.76. The first-order chi connectivity index (χ1) is 8.31. The molecule has 0 aromatic heterocycles. The lowest BCUT2D eigenvalue weighted by molar-refractivity contribution is -0.120. The number of nitrogens with one attached hydrogen (secondary N) is 2. The number of rotatable bonds is 9. The van der Waals surface area contributed by atoms with Crippen molar-refractivity contribution in [3.05, 3.63) is 0 Å². The maximum atomic E-state index is 11.6. The standard InChI is InChI=1S/C13H24N2O2/c1-17-7-6-14-9-13(16)15-8-12(10-2-3-10)11-4-5-11/h10-12,14H,2-9H2,1H3,(H,15,16). The van der Waals surface area contributed by atoms with Crippen molar-refractivity contribution < 1.29 is 9.53 Å². The number of hydrogen-bond acceptors (Lipinski definition) is 3. The van der Waals surface area contributed by atoms with Crippen LogP contribution >= 0.6 is 0 Å². The summed E-state index contributed by atoms with van der Waals surface area (Å²) in [6.07, 6.45) is 5.51. The van der Waals surface area contributed by atoms with E-state index in [0.29, 0.717) is 13.2 Å². The molecule has 0 aromatic carbocycles. The van der Waals surface area contributed by atoms with Gasteiger partial charge in [0.25, 0.3) is 0 Å². The smallest absolute Gasteiger partial charge is 0.233 e. The van der Waals surface area contributed by atoms with Crippen LogP contribution < -0.4 is 10.6 Å². The van der Waals surface area contributed by atoms with E-state index in [-0.39, 0.29) is 5.91 Å². The molecule has 0 saturated heterocycles. The third kappa shape index (κ3) is 4.64. The van der Waals surface area contributed by atoms with Gasteiger partial charge in [-0.15, -0.1) is 0 Å². The molecule has 0 radical (unpaired) electrons. The van der Waals surface area contributed by atoms with Gasteiger partial charge >= 0.3 is 0 Å². The topological polar surface area (TPSA) is 50.4 Å². The monoisotopic (exact) mass is 240 g/mol. The van der Waals surface area contributed by atoms with Crippen LogP contribution in [0.2, 0.25) is 0 Å². The van der Waals surface area contributed by atoms with Crippen LogP contribution in [-0.2, 0) is 9.53 Å². The summed E-state index contributed by atoms with van der Waals surface area (Å²) >= 11 is 0. The van der Waals surface area contributed by atoms with Crippen LogP contribution in [0.15, 0.2) is 0 Å². The van der Waals surface area contributed by atoms with E-state index in [0.717, 1.165) is 30.8 Å². The van der Waals surface area contributed by atoms with Crippen LogP contribution in [0.1, 0.15) is 25.7 Å². The average Bonchev–Trinajstić information content (AvgIpc) is 3.15. The summed E-state index contributed by atoms with van der Waals surface area (Å²) in [6, 6.07) is 0. The van der Waals surface area contributed by atoms with Crippen LogP contribution in [0, 0.1) is 17.8 Å². The van der Waals surface area contributed by atoms with Gasteiger partial charge in [-0.05, 0) is 43.4 Å². The van der Waals surface area contributed by atoms with Gasteiger partial charge in [0.05, 0.1) is 13.2 Å². The molecule has 0 heterocycles. The van der Waals surface area contributed by atoms with Crippen molar-refractivity contribution in [2.75, 3.05) is 33.4 Å². The van der Waals surface area contributed by atoms with E-state index in [1.165, 1.54) is 25.7 Å². The van der Waals surface area contributed by atoms with Crippen molar-refractivity contribution in [1.29, 1.82) is 0 Å². The Balaban J connectivity index is 1.55. The fraction of sp³-hybridized carbons (Fsp3) is 0.923. The molecule has 0 atom stereocenters. The van der Waals surface area contributed by atoms with Crippen molar-refractivity contribution in [1.82, 2.24) is 10.6 Å². The zero-order chi connectivity index (χ0) is 12.1. The Bertz CT molecular complexity index is 238. The fourth-order valence-electron chi connectivity index (χ4n) is 2.44. The van der Waals surface area contributed by atoms with E-state index in [1.54, 1.807) is 7.11 Å². The van der Waals surface area contributed by atoms with E-state index in [9.17, 15) is 4.79 Å². The molecule has 2 saturated carbocycles. The largest absolute Gasteiger partial charge is 0.383 e. The van der Waals surface area contributed by atoms with Crippen LogP contribution in [0.3, 0.4) is 0 Å². The van der Waals surface area contributed by atoms with Gasteiger partial charge in [0.15, 0.2) is 0 Å². The molecule has 0 bridgehead atoms. The minimum absolute atomic E-state index is 0.118. The van der Waals surface area contributed by atoms with E-state index < -0.39 is 0 Å². The number of hydrogen-bond donors (Lipinski definition) is 2. The van der Waals surface area contributed by atoms with Crippen LogP contribution in [-0.4, -0.2) is 39.3 Å². The van der Waals surface area contributed by atoms with E-state index in [2.05, 4.69) is 10.6 Å². The SMILES string of the molecule is COCCNCC(=O)NCC(C1CC1)C1CC1. The molecule has 98 valence electrons. The predicted octanol–water partition coefficient (Wildman–Crippen LogP) is 0.775. The molecule has 0 aliphatic heterocycles. The maximum Gasteiger partial charge on any atom is 0.233 e. The van der Waals surface area contributed by atoms with Crippen molar-refractivity contribution in [3.8, 4) is 0 Å². The van der Waals surface area contributed by atoms with Gasteiger partial charge in [-0.1, -0.05) is 0 Å². The summed E-state index contributed by atoms with van der Waals surface area (Å²) in [5, 5.41) is 6.12. The number of carbonyl (C=O) groups is 1. The maximum absolute atomic E-state index is 11.6. The summed E-state index contributed by atoms with van der Waals surface area (Å²) < 4.78 is 4.91. The number of amides is 1. The summed E-state index contributed by atoms with van der Waals surface area (Å²) in [7, 11) is 1.66. The fourth-order valence-corrected chi connectivity index (χ4v) is 2.44. The number of ether oxygens (including phenoxy) is 1. The molecule has 2 aliphatic rings. The molecule has 2 rings (SSSR count). The highest BCUT2D eigenvalue weighted by Gasteiger charge is 2.41. The Morgan fingerprint density at radius 2 is 1.94 bits per heavy atom. The van der Waals surface area contributed by atoms with Crippen molar-refractivity contribution in [2.24, 2.45) is 17.8 Å². The minimum Gasteiger partial charge on any atom is -0.383 e. The number of methoxy groups -OCH3 is 1. The molecule has 2 aliphatic carbocycles. The summed E-state index contributed by atoms with van der Waals surface area (Å²) in [5.41, 5.74) is 0. The molecule has 4 heteroatoms. The lowest BCUT2D eigenvalue weighted by Crippen LogP contribution is -2.38. The number of carbonyl (C=O) groups excluding carboxylic acids is 1. The minimum atomic E-state index is 0.118. The van der Waals surface area contributed by atoms with Gasteiger partial charge in [-0.2, -0.15) is 0 Å². The quantitative estimate of drug-likeness (QED) is 0.585. The van der Waals surface area contributed by atoms with Crippen LogP contribution in [0.4, 0.5) is 0 Å². The van der Waals surface area contributed by atoms with Crippen LogP contribution in [0.5, 0.6) is 0 Å². The highest BCUT2D eigenvalue weighted by atomic mass is 16.5. The molecule has 2 N–H and O–H groups in total. The molecule has 0 unspecified atom stereocenters. The molecule has 0 aromatic rings. The van der Waals surface area contributed by atoms with Gasteiger partial charge in [-0.3, -0.25) is 4.79 Å².